The van der Waals surface area contributed by atoms with Crippen molar-refractivity contribution in [3.63, 3.8) is 0 Å². The molecule has 1 heterocycles. The number of ether oxygens (including phenoxy) is 1. The minimum Gasteiger partial charge on any atom is -0.465 e. The smallest absolute Gasteiger partial charge is 0.408 e. The zero-order valence-electron chi connectivity index (χ0n) is 6.11. The second kappa shape index (κ2) is 2.77. The number of hydrogen-bond donors (Lipinski definition) is 1. The van der Waals surface area contributed by atoms with Gasteiger partial charge in [-0.3, -0.25) is 4.90 Å². The Balaban J connectivity index is 2.32. The van der Waals surface area contributed by atoms with Crippen LogP contribution in [0.25, 0.3) is 0 Å². The molecule has 0 saturated carbocycles. The molecule has 1 rings (SSSR count). The molecule has 1 fully saturated rings. The van der Waals surface area contributed by atoms with E-state index >= 15 is 0 Å². The zero-order valence-corrected chi connectivity index (χ0v) is 6.11. The van der Waals surface area contributed by atoms with Gasteiger partial charge in [0.05, 0.1) is 13.2 Å². The van der Waals surface area contributed by atoms with E-state index in [4.69, 9.17) is 5.11 Å². The topological polar surface area (TPSA) is 66.6 Å². The molecule has 1 amide bonds. The van der Waals surface area contributed by atoms with Crippen molar-refractivity contribution in [3.05, 3.63) is 0 Å². The van der Waals surface area contributed by atoms with Crippen LogP contribution in [0.15, 0.2) is 0 Å². The van der Waals surface area contributed by atoms with E-state index in [1.807, 2.05) is 0 Å². The Hall–Kier alpha value is -1.26. The number of carboxylic acid groups (broad SMARTS) is 1. The number of hydrogen-bond acceptors (Lipinski definition) is 3. The van der Waals surface area contributed by atoms with Gasteiger partial charge in [-0.1, -0.05) is 0 Å². The molecule has 0 aromatic rings. The summed E-state index contributed by atoms with van der Waals surface area (Å²) in [5.41, 5.74) is 0. The van der Waals surface area contributed by atoms with Crippen LogP contribution >= 0.6 is 0 Å². The predicted octanol–water partition coefficient (Wildman–Crippen LogP) is -0.0883. The molecule has 1 N–H and O–H groups in total. The monoisotopic (exact) mass is 159 g/mol. The summed E-state index contributed by atoms with van der Waals surface area (Å²) in [4.78, 5) is 22.0. The van der Waals surface area contributed by atoms with E-state index in [1.165, 1.54) is 0 Å². The molecular weight excluding hydrogens is 150 g/mol. The summed E-state index contributed by atoms with van der Waals surface area (Å²) >= 11 is 0. The number of amides is 1. The van der Waals surface area contributed by atoms with Crippen LogP contribution in [0.3, 0.4) is 0 Å². The van der Waals surface area contributed by atoms with E-state index in [0.29, 0.717) is 6.61 Å². The summed E-state index contributed by atoms with van der Waals surface area (Å²) in [7, 11) is 0. The van der Waals surface area contributed by atoms with E-state index < -0.39 is 18.1 Å². The third-order valence-corrected chi connectivity index (χ3v) is 1.42. The van der Waals surface area contributed by atoms with Gasteiger partial charge in [0.2, 0.25) is 0 Å². The molecule has 0 radical (unpaired) electrons. The fraction of sp³-hybridized carbons (Fsp3) is 0.667. The molecule has 0 aromatic carbocycles. The Morgan fingerprint density at radius 3 is 2.73 bits per heavy atom. The second-order valence-electron chi connectivity index (χ2n) is 2.20. The predicted molar refractivity (Wildman–Crippen MR) is 35.2 cm³/mol. The van der Waals surface area contributed by atoms with Gasteiger partial charge in [0.25, 0.3) is 0 Å². The first-order valence-corrected chi connectivity index (χ1v) is 3.33. The van der Waals surface area contributed by atoms with Crippen LogP contribution in [-0.2, 0) is 9.53 Å². The Bertz CT molecular complexity index is 191. The fourth-order valence-corrected chi connectivity index (χ4v) is 0.791. The summed E-state index contributed by atoms with van der Waals surface area (Å²) in [6.07, 6.45) is -1.07. The molecule has 1 aliphatic heterocycles. The Kier molecular flexibility index (Phi) is 1.98. The van der Waals surface area contributed by atoms with Gasteiger partial charge in [0, 0.05) is 0 Å². The lowest BCUT2D eigenvalue weighted by atomic mass is 10.5. The van der Waals surface area contributed by atoms with Crippen LogP contribution in [0.4, 0.5) is 4.79 Å². The first kappa shape index (κ1) is 7.84. The van der Waals surface area contributed by atoms with E-state index in [-0.39, 0.29) is 6.54 Å². The number of carbonyl (C=O) groups is 2. The van der Waals surface area contributed by atoms with Crippen LogP contribution in [0, 0.1) is 0 Å². The van der Waals surface area contributed by atoms with Crippen molar-refractivity contribution in [1.29, 1.82) is 0 Å². The maximum absolute atomic E-state index is 10.8. The summed E-state index contributed by atoms with van der Waals surface area (Å²) in [5.74, 6) is -0.449. The van der Waals surface area contributed by atoms with Crippen LogP contribution in [0.1, 0.15) is 6.92 Å². The van der Waals surface area contributed by atoms with Gasteiger partial charge >= 0.3 is 12.1 Å². The van der Waals surface area contributed by atoms with Crippen molar-refractivity contribution in [3.8, 4) is 0 Å². The molecule has 1 atom stereocenters. The Morgan fingerprint density at radius 1 is 1.73 bits per heavy atom. The molecular formula is C6H9NO4. The fourth-order valence-electron chi connectivity index (χ4n) is 0.791. The third-order valence-electron chi connectivity index (χ3n) is 1.42. The number of esters is 1. The molecule has 0 aliphatic carbocycles. The molecule has 5 nitrogen and oxygen atoms in total. The lowest BCUT2D eigenvalue weighted by Crippen LogP contribution is -2.19. The van der Waals surface area contributed by atoms with Crippen molar-refractivity contribution < 1.29 is 19.4 Å². The standard InChI is InChI=1S/C6H9NO4/c1-2-11-5(8)4-3-7(4)6(9)10/h4H,2-3H2,1H3,(H,9,10). The maximum Gasteiger partial charge on any atom is 0.408 e. The van der Waals surface area contributed by atoms with Gasteiger partial charge in [-0.2, -0.15) is 0 Å². The molecule has 0 aromatic heterocycles. The molecule has 0 spiro atoms. The van der Waals surface area contributed by atoms with Gasteiger partial charge in [-0.15, -0.1) is 0 Å². The first-order valence-electron chi connectivity index (χ1n) is 3.33. The highest BCUT2D eigenvalue weighted by molar-refractivity contribution is 5.86. The van der Waals surface area contributed by atoms with E-state index in [1.54, 1.807) is 6.92 Å². The quantitative estimate of drug-likeness (QED) is 0.451. The molecule has 0 bridgehead atoms. The normalized spacial score (nSPS) is 21.2. The summed E-state index contributed by atoms with van der Waals surface area (Å²) < 4.78 is 4.60. The van der Waals surface area contributed by atoms with Gasteiger partial charge < -0.3 is 9.84 Å². The molecule has 5 heteroatoms. The van der Waals surface area contributed by atoms with Crippen LogP contribution in [0.5, 0.6) is 0 Å². The number of rotatable bonds is 2. The molecule has 1 saturated heterocycles. The van der Waals surface area contributed by atoms with Gasteiger partial charge in [0.1, 0.15) is 0 Å². The van der Waals surface area contributed by atoms with Crippen molar-refractivity contribution in [2.45, 2.75) is 13.0 Å². The lowest BCUT2D eigenvalue weighted by Gasteiger charge is -1.98. The summed E-state index contributed by atoms with van der Waals surface area (Å²) in [5, 5.41) is 8.36. The highest BCUT2D eigenvalue weighted by Crippen LogP contribution is 2.18. The largest absolute Gasteiger partial charge is 0.465 e. The summed E-state index contributed by atoms with van der Waals surface area (Å²) in [6.45, 7) is 2.25. The second-order valence-corrected chi connectivity index (χ2v) is 2.20. The van der Waals surface area contributed by atoms with Gasteiger partial charge in [0.15, 0.2) is 6.04 Å². The molecule has 11 heavy (non-hydrogen) atoms. The van der Waals surface area contributed by atoms with E-state index in [2.05, 4.69) is 4.74 Å². The van der Waals surface area contributed by atoms with Crippen LogP contribution in [0.2, 0.25) is 0 Å². The first-order chi connectivity index (χ1) is 5.16. The molecule has 1 unspecified atom stereocenters. The summed E-state index contributed by atoms with van der Waals surface area (Å²) in [6, 6.07) is -0.549. The molecule has 1 aliphatic rings. The SMILES string of the molecule is CCOC(=O)C1CN1C(=O)O. The highest BCUT2D eigenvalue weighted by Gasteiger charge is 2.45. The Labute approximate surface area is 63.5 Å². The van der Waals surface area contributed by atoms with E-state index in [0.717, 1.165) is 4.90 Å². The zero-order chi connectivity index (χ0) is 8.43. The minimum absolute atomic E-state index is 0.272. The highest BCUT2D eigenvalue weighted by atomic mass is 16.5. The average Bonchev–Trinajstić information content (AvgIpc) is 2.65. The number of nitrogens with zero attached hydrogens (tertiary/aromatic N) is 1. The van der Waals surface area contributed by atoms with E-state index in [9.17, 15) is 9.59 Å². The van der Waals surface area contributed by atoms with Crippen LogP contribution in [-0.4, -0.2) is 41.3 Å². The minimum atomic E-state index is -1.07. The third kappa shape index (κ3) is 1.60. The van der Waals surface area contributed by atoms with Crippen molar-refractivity contribution >= 4 is 12.1 Å². The van der Waals surface area contributed by atoms with Gasteiger partial charge in [-0.25, -0.2) is 9.59 Å². The molecule has 62 valence electrons. The van der Waals surface area contributed by atoms with Crippen molar-refractivity contribution in [1.82, 2.24) is 4.90 Å². The van der Waals surface area contributed by atoms with Crippen LogP contribution < -0.4 is 0 Å². The lowest BCUT2D eigenvalue weighted by molar-refractivity contribution is -0.143. The average molecular weight is 159 g/mol. The maximum atomic E-state index is 10.8. The van der Waals surface area contributed by atoms with Crippen molar-refractivity contribution in [2.75, 3.05) is 13.2 Å². The van der Waals surface area contributed by atoms with Crippen molar-refractivity contribution in [2.24, 2.45) is 0 Å². The number of carbonyl (C=O) groups excluding carboxylic acids is 1. The Morgan fingerprint density at radius 2 is 2.36 bits per heavy atom. The van der Waals surface area contributed by atoms with Gasteiger partial charge in [-0.05, 0) is 6.92 Å².